The molecule has 0 unspecified atom stereocenters. The van der Waals surface area contributed by atoms with E-state index in [-0.39, 0.29) is 11.3 Å². The van der Waals surface area contributed by atoms with Gasteiger partial charge in [-0.05, 0) is 5.56 Å². The molecule has 0 bridgehead atoms. The number of nitro benzene ring substituents is 1. The molecule has 1 aromatic rings. The summed E-state index contributed by atoms with van der Waals surface area (Å²) in [5, 5.41) is 10.5. The summed E-state index contributed by atoms with van der Waals surface area (Å²) in [6.07, 6.45) is 0. The molecule has 0 aliphatic rings. The highest BCUT2D eigenvalue weighted by Crippen LogP contribution is 2.20. The first kappa shape index (κ1) is 11.6. The lowest BCUT2D eigenvalue weighted by molar-refractivity contribution is -0.384. The number of non-ortho nitro benzene ring substituents is 1. The number of nitrogens with zero attached hydrogens (tertiary/aromatic N) is 1. The minimum Gasteiger partial charge on any atom is -0.369 e. The van der Waals surface area contributed by atoms with E-state index in [9.17, 15) is 19.7 Å². The Bertz CT molecular complexity index is 444. The Kier molecular flexibility index (Phi) is 3.19. The number of carbonyl (C=O) groups excluding carboxylic acids is 2. The van der Waals surface area contributed by atoms with Gasteiger partial charge in [-0.1, -0.05) is 12.1 Å². The van der Waals surface area contributed by atoms with E-state index in [0.717, 1.165) is 6.07 Å². The lowest BCUT2D eigenvalue weighted by Gasteiger charge is -2.08. The summed E-state index contributed by atoms with van der Waals surface area (Å²) >= 11 is 0. The van der Waals surface area contributed by atoms with Crippen LogP contribution in [0.3, 0.4) is 0 Å². The van der Waals surface area contributed by atoms with Gasteiger partial charge >= 0.3 is 0 Å². The summed E-state index contributed by atoms with van der Waals surface area (Å²) in [4.78, 5) is 31.8. The van der Waals surface area contributed by atoms with Crippen molar-refractivity contribution < 1.29 is 14.5 Å². The van der Waals surface area contributed by atoms with Crippen molar-refractivity contribution in [1.29, 1.82) is 0 Å². The molecular weight excluding hydrogens is 214 g/mol. The van der Waals surface area contributed by atoms with E-state index >= 15 is 0 Å². The quantitative estimate of drug-likeness (QED) is 0.410. The third kappa shape index (κ3) is 2.32. The average molecular weight is 223 g/mol. The lowest BCUT2D eigenvalue weighted by atomic mass is 9.97. The number of nitrogens with two attached hydrogens (primary N) is 2. The molecule has 0 aliphatic carbocycles. The molecular formula is C9H9N3O4. The highest BCUT2D eigenvalue weighted by Gasteiger charge is 2.25. The van der Waals surface area contributed by atoms with Gasteiger partial charge in [0, 0.05) is 12.1 Å². The van der Waals surface area contributed by atoms with Crippen LogP contribution < -0.4 is 11.5 Å². The molecule has 0 aliphatic heterocycles. The van der Waals surface area contributed by atoms with Gasteiger partial charge in [-0.25, -0.2) is 0 Å². The van der Waals surface area contributed by atoms with Crippen LogP contribution >= 0.6 is 0 Å². The molecule has 0 atom stereocenters. The van der Waals surface area contributed by atoms with Crippen LogP contribution in [0, 0.1) is 10.1 Å². The smallest absolute Gasteiger partial charge is 0.269 e. The van der Waals surface area contributed by atoms with E-state index < -0.39 is 22.7 Å². The van der Waals surface area contributed by atoms with Gasteiger partial charge in [0.2, 0.25) is 11.8 Å². The van der Waals surface area contributed by atoms with Gasteiger partial charge in [0.25, 0.3) is 5.69 Å². The molecule has 0 saturated heterocycles. The maximum absolute atomic E-state index is 11.0. The summed E-state index contributed by atoms with van der Waals surface area (Å²) < 4.78 is 0. The highest BCUT2D eigenvalue weighted by molar-refractivity contribution is 6.04. The Hall–Kier alpha value is -2.44. The van der Waals surface area contributed by atoms with Crippen molar-refractivity contribution in [1.82, 2.24) is 0 Å². The molecule has 0 spiro atoms. The van der Waals surface area contributed by atoms with Crippen molar-refractivity contribution in [3.8, 4) is 0 Å². The Morgan fingerprint density at radius 2 is 1.81 bits per heavy atom. The molecule has 7 heteroatoms. The first-order valence-electron chi connectivity index (χ1n) is 4.26. The molecule has 0 radical (unpaired) electrons. The Morgan fingerprint density at radius 1 is 1.25 bits per heavy atom. The zero-order valence-corrected chi connectivity index (χ0v) is 8.12. The Balaban J connectivity index is 3.20. The third-order valence-electron chi connectivity index (χ3n) is 1.98. The van der Waals surface area contributed by atoms with E-state index in [1.54, 1.807) is 0 Å². The van der Waals surface area contributed by atoms with Crippen molar-refractivity contribution in [3.63, 3.8) is 0 Å². The van der Waals surface area contributed by atoms with Crippen molar-refractivity contribution in [2.45, 2.75) is 5.92 Å². The topological polar surface area (TPSA) is 129 Å². The van der Waals surface area contributed by atoms with Crippen LogP contribution in [-0.2, 0) is 9.59 Å². The van der Waals surface area contributed by atoms with Crippen molar-refractivity contribution >= 4 is 17.5 Å². The number of hydrogen-bond acceptors (Lipinski definition) is 4. The zero-order chi connectivity index (χ0) is 12.3. The van der Waals surface area contributed by atoms with Crippen molar-refractivity contribution in [2.24, 2.45) is 11.5 Å². The SMILES string of the molecule is NC(=O)C(C(N)=O)c1cccc([N+](=O)[O-])c1. The van der Waals surface area contributed by atoms with E-state index in [4.69, 9.17) is 11.5 Å². The highest BCUT2D eigenvalue weighted by atomic mass is 16.6. The molecule has 0 aromatic heterocycles. The van der Waals surface area contributed by atoms with Gasteiger partial charge in [-0.2, -0.15) is 0 Å². The maximum atomic E-state index is 11.0. The summed E-state index contributed by atoms with van der Waals surface area (Å²) in [6.45, 7) is 0. The largest absolute Gasteiger partial charge is 0.369 e. The standard InChI is InChI=1S/C9H9N3O4/c10-8(13)7(9(11)14)5-2-1-3-6(4-5)12(15)16/h1-4,7H,(H2,10,13)(H2,11,14). The second-order valence-electron chi connectivity index (χ2n) is 3.09. The van der Waals surface area contributed by atoms with Gasteiger partial charge in [0.1, 0.15) is 5.92 Å². The zero-order valence-electron chi connectivity index (χ0n) is 8.12. The average Bonchev–Trinajstić information content (AvgIpc) is 2.16. The minimum absolute atomic E-state index is 0.120. The number of hydrogen-bond donors (Lipinski definition) is 2. The summed E-state index contributed by atoms with van der Waals surface area (Å²) in [7, 11) is 0. The van der Waals surface area contributed by atoms with Gasteiger partial charge < -0.3 is 11.5 Å². The fourth-order valence-corrected chi connectivity index (χ4v) is 1.29. The van der Waals surface area contributed by atoms with E-state index in [1.165, 1.54) is 18.2 Å². The van der Waals surface area contributed by atoms with Gasteiger partial charge in [0.15, 0.2) is 0 Å². The van der Waals surface area contributed by atoms with Crippen LogP contribution in [-0.4, -0.2) is 16.7 Å². The first-order valence-corrected chi connectivity index (χ1v) is 4.26. The predicted octanol–water partition coefficient (Wildman–Crippen LogP) is -0.351. The van der Waals surface area contributed by atoms with Crippen LogP contribution in [0.2, 0.25) is 0 Å². The lowest BCUT2D eigenvalue weighted by Crippen LogP contribution is -2.33. The molecule has 1 rings (SSSR count). The monoisotopic (exact) mass is 223 g/mol. The van der Waals surface area contributed by atoms with Crippen LogP contribution in [0.25, 0.3) is 0 Å². The summed E-state index contributed by atoms with van der Waals surface area (Å²) in [5.74, 6) is -3.22. The summed E-state index contributed by atoms with van der Waals surface area (Å²) in [5.41, 5.74) is 9.86. The minimum atomic E-state index is -1.35. The van der Waals surface area contributed by atoms with Crippen LogP contribution in [0.15, 0.2) is 24.3 Å². The molecule has 16 heavy (non-hydrogen) atoms. The summed E-state index contributed by atoms with van der Waals surface area (Å²) in [6, 6.07) is 5.07. The first-order chi connectivity index (χ1) is 7.43. The van der Waals surface area contributed by atoms with Gasteiger partial charge in [0.05, 0.1) is 4.92 Å². The van der Waals surface area contributed by atoms with Crippen LogP contribution in [0.5, 0.6) is 0 Å². The maximum Gasteiger partial charge on any atom is 0.269 e. The molecule has 0 heterocycles. The molecule has 0 fully saturated rings. The normalized spacial score (nSPS) is 10.1. The van der Waals surface area contributed by atoms with Gasteiger partial charge in [-0.3, -0.25) is 19.7 Å². The van der Waals surface area contributed by atoms with E-state index in [1.807, 2.05) is 0 Å². The van der Waals surface area contributed by atoms with Crippen LogP contribution in [0.4, 0.5) is 5.69 Å². The fraction of sp³-hybridized carbons (Fsp3) is 0.111. The van der Waals surface area contributed by atoms with Gasteiger partial charge in [-0.15, -0.1) is 0 Å². The van der Waals surface area contributed by atoms with Crippen LogP contribution in [0.1, 0.15) is 11.5 Å². The fourth-order valence-electron chi connectivity index (χ4n) is 1.29. The van der Waals surface area contributed by atoms with E-state index in [0.29, 0.717) is 0 Å². The second kappa shape index (κ2) is 4.39. The molecule has 2 amide bonds. The predicted molar refractivity (Wildman–Crippen MR) is 54.2 cm³/mol. The number of amides is 2. The van der Waals surface area contributed by atoms with Crippen molar-refractivity contribution in [2.75, 3.05) is 0 Å². The number of benzene rings is 1. The van der Waals surface area contributed by atoms with E-state index in [2.05, 4.69) is 0 Å². The number of primary amides is 2. The number of rotatable bonds is 4. The molecule has 0 saturated carbocycles. The molecule has 1 aromatic carbocycles. The third-order valence-corrected chi connectivity index (χ3v) is 1.98. The number of carbonyl (C=O) groups is 2. The second-order valence-corrected chi connectivity index (χ2v) is 3.09. The molecule has 4 N–H and O–H groups in total. The number of nitro groups is 1. The Labute approximate surface area is 90.2 Å². The van der Waals surface area contributed by atoms with Crippen molar-refractivity contribution in [3.05, 3.63) is 39.9 Å². The molecule has 7 nitrogen and oxygen atoms in total. The Morgan fingerprint density at radius 3 is 2.25 bits per heavy atom. The molecule has 84 valence electrons.